The number of hydrogen-bond acceptors (Lipinski definition) is 4. The lowest BCUT2D eigenvalue weighted by Gasteiger charge is -2.19. The number of fused-ring (bicyclic) bond motifs is 1. The second-order valence-corrected chi connectivity index (χ2v) is 5.32. The van der Waals surface area contributed by atoms with E-state index in [1.54, 1.807) is 6.20 Å². The predicted octanol–water partition coefficient (Wildman–Crippen LogP) is 3.78. The molecule has 20 heavy (non-hydrogen) atoms. The summed E-state index contributed by atoms with van der Waals surface area (Å²) in [6.07, 6.45) is 8.18. The lowest BCUT2D eigenvalue weighted by atomic mass is 9.94. The first-order valence-electron chi connectivity index (χ1n) is 7.25. The molecule has 1 saturated carbocycles. The Balaban J connectivity index is 1.77. The number of aromatic nitrogens is 2. The minimum atomic E-state index is 0.777. The maximum atomic E-state index is 4.18. The number of anilines is 1. The predicted molar refractivity (Wildman–Crippen MR) is 82.1 cm³/mol. The van der Waals surface area contributed by atoms with Crippen molar-refractivity contribution >= 4 is 16.6 Å². The largest absolute Gasteiger partial charge is 0.304 e. The second kappa shape index (κ2) is 5.90. The molecule has 0 spiro atoms. The summed E-state index contributed by atoms with van der Waals surface area (Å²) in [6.45, 7) is 2.13. The molecule has 0 radical (unpaired) electrons. The first kappa shape index (κ1) is 12.9. The zero-order valence-corrected chi connectivity index (χ0v) is 11.8. The summed E-state index contributed by atoms with van der Waals surface area (Å²) in [4.78, 5) is 0. The van der Waals surface area contributed by atoms with Crippen molar-refractivity contribution in [3.8, 4) is 0 Å². The van der Waals surface area contributed by atoms with Gasteiger partial charge in [-0.2, -0.15) is 5.10 Å². The van der Waals surface area contributed by atoms with E-state index in [0.717, 1.165) is 16.6 Å². The summed E-state index contributed by atoms with van der Waals surface area (Å²) >= 11 is 0. The van der Waals surface area contributed by atoms with E-state index in [4.69, 9.17) is 0 Å². The fourth-order valence-electron chi connectivity index (χ4n) is 2.72. The van der Waals surface area contributed by atoms with Crippen LogP contribution in [0.25, 0.3) is 10.8 Å². The molecule has 1 aliphatic carbocycles. The van der Waals surface area contributed by atoms with Gasteiger partial charge >= 0.3 is 0 Å². The average molecular weight is 268 g/mol. The van der Waals surface area contributed by atoms with E-state index in [0.29, 0.717) is 0 Å². The molecular weight excluding hydrogens is 248 g/mol. The van der Waals surface area contributed by atoms with Crippen molar-refractivity contribution in [3.63, 3.8) is 0 Å². The fourth-order valence-corrected chi connectivity index (χ4v) is 2.72. The molecule has 0 amide bonds. The number of hydrazine groups is 1. The summed E-state index contributed by atoms with van der Waals surface area (Å²) in [7, 11) is 0. The Morgan fingerprint density at radius 3 is 2.75 bits per heavy atom. The van der Waals surface area contributed by atoms with Crippen molar-refractivity contribution in [1.29, 1.82) is 0 Å². The molecule has 4 heteroatoms. The molecule has 1 fully saturated rings. The third-order valence-corrected chi connectivity index (χ3v) is 3.93. The van der Waals surface area contributed by atoms with Crippen LogP contribution in [0.1, 0.15) is 39.0 Å². The molecule has 104 valence electrons. The van der Waals surface area contributed by atoms with Crippen molar-refractivity contribution < 1.29 is 0 Å². The van der Waals surface area contributed by atoms with Gasteiger partial charge in [-0.05, 0) is 38.2 Å². The van der Waals surface area contributed by atoms with Gasteiger partial charge in [-0.25, -0.2) is 0 Å². The normalized spacial score (nSPS) is 15.2. The molecule has 0 aliphatic heterocycles. The highest BCUT2D eigenvalue weighted by atomic mass is 15.4. The molecule has 0 unspecified atom stereocenters. The number of allylic oxidation sites excluding steroid dienone is 2. The number of benzene rings is 1. The van der Waals surface area contributed by atoms with Crippen LogP contribution in [0.2, 0.25) is 0 Å². The molecule has 1 aromatic carbocycles. The quantitative estimate of drug-likeness (QED) is 0.832. The Morgan fingerprint density at radius 2 is 1.90 bits per heavy atom. The zero-order valence-electron chi connectivity index (χ0n) is 11.8. The number of rotatable bonds is 3. The Hall–Kier alpha value is -2.10. The molecule has 2 aromatic rings. The van der Waals surface area contributed by atoms with Crippen LogP contribution in [-0.4, -0.2) is 10.2 Å². The first-order valence-corrected chi connectivity index (χ1v) is 7.25. The molecule has 1 aliphatic rings. The summed E-state index contributed by atoms with van der Waals surface area (Å²) in [5.41, 5.74) is 9.24. The Bertz CT molecular complexity index is 620. The van der Waals surface area contributed by atoms with Gasteiger partial charge in [0, 0.05) is 16.5 Å². The molecule has 3 rings (SSSR count). The minimum absolute atomic E-state index is 0.777. The molecule has 2 N–H and O–H groups in total. The number of nitrogens with zero attached hydrogens (tertiary/aromatic N) is 2. The molecule has 4 nitrogen and oxygen atoms in total. The minimum Gasteiger partial charge on any atom is -0.304 e. The van der Waals surface area contributed by atoms with Crippen LogP contribution in [0.3, 0.4) is 0 Å². The second-order valence-electron chi connectivity index (χ2n) is 5.32. The van der Waals surface area contributed by atoms with Gasteiger partial charge in [-0.3, -0.25) is 5.43 Å². The van der Waals surface area contributed by atoms with Gasteiger partial charge in [0.15, 0.2) is 5.82 Å². The van der Waals surface area contributed by atoms with Gasteiger partial charge < -0.3 is 5.43 Å². The molecule has 0 atom stereocenters. The third kappa shape index (κ3) is 2.74. The summed E-state index contributed by atoms with van der Waals surface area (Å²) < 4.78 is 0. The van der Waals surface area contributed by atoms with Crippen LogP contribution >= 0.6 is 0 Å². The maximum Gasteiger partial charge on any atom is 0.174 e. The topological polar surface area (TPSA) is 49.8 Å². The summed E-state index contributed by atoms with van der Waals surface area (Å²) in [6, 6.07) is 8.12. The first-order chi connectivity index (χ1) is 9.84. The van der Waals surface area contributed by atoms with E-state index in [2.05, 4.69) is 34.0 Å². The van der Waals surface area contributed by atoms with Gasteiger partial charge in [0.05, 0.1) is 6.20 Å². The van der Waals surface area contributed by atoms with E-state index in [-0.39, 0.29) is 0 Å². The van der Waals surface area contributed by atoms with Crippen LogP contribution in [0.5, 0.6) is 0 Å². The highest BCUT2D eigenvalue weighted by molar-refractivity contribution is 5.90. The van der Waals surface area contributed by atoms with E-state index < -0.39 is 0 Å². The van der Waals surface area contributed by atoms with E-state index >= 15 is 0 Å². The van der Waals surface area contributed by atoms with Crippen LogP contribution < -0.4 is 10.9 Å². The van der Waals surface area contributed by atoms with Gasteiger partial charge in [0.2, 0.25) is 0 Å². The van der Waals surface area contributed by atoms with Crippen molar-refractivity contribution in [2.24, 2.45) is 0 Å². The van der Waals surface area contributed by atoms with Crippen LogP contribution in [0.4, 0.5) is 5.82 Å². The standard InChI is InChI=1S/C16H20N4/c1-12(13-7-3-2-4-8-13)18-20-16-15-10-6-5-9-14(15)11-17-19-16/h5-6,9-11,18H,2-4,7-8H2,1H3,(H,19,20). The Morgan fingerprint density at radius 1 is 1.10 bits per heavy atom. The van der Waals surface area contributed by atoms with E-state index in [1.807, 2.05) is 18.2 Å². The van der Waals surface area contributed by atoms with Crippen LogP contribution in [-0.2, 0) is 0 Å². The van der Waals surface area contributed by atoms with Crippen molar-refractivity contribution in [2.45, 2.75) is 39.0 Å². The van der Waals surface area contributed by atoms with Gasteiger partial charge in [-0.15, -0.1) is 5.10 Å². The molecular formula is C16H20N4. The van der Waals surface area contributed by atoms with Gasteiger partial charge in [0.1, 0.15) is 0 Å². The van der Waals surface area contributed by atoms with Crippen LogP contribution in [0.15, 0.2) is 41.7 Å². The monoisotopic (exact) mass is 268 g/mol. The van der Waals surface area contributed by atoms with Gasteiger partial charge in [-0.1, -0.05) is 30.7 Å². The Labute approximate surface area is 119 Å². The zero-order chi connectivity index (χ0) is 13.8. The number of nitrogens with one attached hydrogen (secondary N) is 2. The lowest BCUT2D eigenvalue weighted by molar-refractivity contribution is 0.587. The molecule has 1 aromatic heterocycles. The summed E-state index contributed by atoms with van der Waals surface area (Å²) in [5.74, 6) is 0.777. The lowest BCUT2D eigenvalue weighted by Crippen LogP contribution is -2.22. The SMILES string of the molecule is CC(NNc1nncc2ccccc12)=C1CCCCC1. The maximum absolute atomic E-state index is 4.18. The van der Waals surface area contributed by atoms with Crippen molar-refractivity contribution in [1.82, 2.24) is 15.6 Å². The highest BCUT2D eigenvalue weighted by Crippen LogP contribution is 2.25. The van der Waals surface area contributed by atoms with Gasteiger partial charge in [0.25, 0.3) is 0 Å². The third-order valence-electron chi connectivity index (χ3n) is 3.93. The summed E-state index contributed by atoms with van der Waals surface area (Å²) in [5, 5.41) is 10.4. The Kier molecular flexibility index (Phi) is 3.81. The van der Waals surface area contributed by atoms with Crippen molar-refractivity contribution in [2.75, 3.05) is 5.43 Å². The smallest absolute Gasteiger partial charge is 0.174 e. The van der Waals surface area contributed by atoms with E-state index in [1.165, 1.54) is 43.4 Å². The molecule has 0 saturated heterocycles. The fraction of sp³-hybridized carbons (Fsp3) is 0.375. The van der Waals surface area contributed by atoms with Crippen LogP contribution in [0, 0.1) is 0 Å². The number of hydrogen-bond donors (Lipinski definition) is 2. The average Bonchev–Trinajstić information content (AvgIpc) is 2.53. The molecule has 0 bridgehead atoms. The highest BCUT2D eigenvalue weighted by Gasteiger charge is 2.09. The van der Waals surface area contributed by atoms with E-state index in [9.17, 15) is 0 Å². The van der Waals surface area contributed by atoms with Crippen molar-refractivity contribution in [3.05, 3.63) is 41.7 Å². The molecule has 1 heterocycles.